The van der Waals surface area contributed by atoms with Crippen molar-refractivity contribution in [2.45, 2.75) is 13.2 Å². The van der Waals surface area contributed by atoms with E-state index in [-0.39, 0.29) is 18.4 Å². The van der Waals surface area contributed by atoms with Crippen molar-refractivity contribution in [3.05, 3.63) is 113 Å². The van der Waals surface area contributed by atoms with Crippen molar-refractivity contribution >= 4 is 17.7 Å². The number of anilines is 1. The van der Waals surface area contributed by atoms with Crippen molar-refractivity contribution in [2.24, 2.45) is 0 Å². The summed E-state index contributed by atoms with van der Waals surface area (Å²) in [6.07, 6.45) is 5.46. The SMILES string of the molecule is COc1ccc(/C=C/C(=O)Nc2cnn(Cc3c(F)cc(F)c(F)c3F)c2)cc1COc1ccccc1. The molecule has 190 valence electrons. The van der Waals surface area contributed by atoms with E-state index in [1.54, 1.807) is 25.3 Å². The van der Waals surface area contributed by atoms with E-state index in [9.17, 15) is 22.4 Å². The maximum absolute atomic E-state index is 13.9. The number of halogens is 4. The summed E-state index contributed by atoms with van der Waals surface area (Å²) in [6.45, 7) is -0.236. The van der Waals surface area contributed by atoms with Gasteiger partial charge in [-0.1, -0.05) is 24.3 Å². The Labute approximate surface area is 209 Å². The number of para-hydroxylation sites is 1. The molecular formula is C27H21F4N3O3. The molecule has 10 heteroatoms. The first-order valence-corrected chi connectivity index (χ1v) is 11.0. The van der Waals surface area contributed by atoms with Crippen molar-refractivity contribution in [1.82, 2.24) is 9.78 Å². The first-order valence-electron chi connectivity index (χ1n) is 11.0. The average Bonchev–Trinajstić information content (AvgIpc) is 3.34. The highest BCUT2D eigenvalue weighted by atomic mass is 19.2. The number of nitrogens with zero attached hydrogens (tertiary/aromatic N) is 2. The lowest BCUT2D eigenvalue weighted by Crippen LogP contribution is -2.09. The molecular weight excluding hydrogens is 490 g/mol. The normalized spacial score (nSPS) is 11.1. The summed E-state index contributed by atoms with van der Waals surface area (Å²) in [4.78, 5) is 12.4. The summed E-state index contributed by atoms with van der Waals surface area (Å²) < 4.78 is 66.6. The Hall–Kier alpha value is -4.60. The number of benzene rings is 3. The van der Waals surface area contributed by atoms with Crippen LogP contribution in [-0.2, 0) is 17.9 Å². The number of amides is 1. The van der Waals surface area contributed by atoms with Crippen molar-refractivity contribution < 1.29 is 31.8 Å². The molecule has 0 bridgehead atoms. The highest BCUT2D eigenvalue weighted by Gasteiger charge is 2.19. The van der Waals surface area contributed by atoms with E-state index in [0.29, 0.717) is 11.5 Å². The van der Waals surface area contributed by atoms with E-state index < -0.39 is 41.3 Å². The van der Waals surface area contributed by atoms with Crippen LogP contribution in [0.5, 0.6) is 11.5 Å². The van der Waals surface area contributed by atoms with E-state index in [1.165, 1.54) is 18.5 Å². The molecule has 4 rings (SSSR count). The van der Waals surface area contributed by atoms with Crippen LogP contribution in [0.1, 0.15) is 16.7 Å². The fourth-order valence-electron chi connectivity index (χ4n) is 3.47. The fourth-order valence-corrected chi connectivity index (χ4v) is 3.47. The summed E-state index contributed by atoms with van der Waals surface area (Å²) >= 11 is 0. The van der Waals surface area contributed by atoms with Crippen molar-refractivity contribution in [2.75, 3.05) is 12.4 Å². The molecule has 0 saturated carbocycles. The molecule has 0 fully saturated rings. The Morgan fingerprint density at radius 3 is 2.57 bits per heavy atom. The van der Waals surface area contributed by atoms with E-state index in [0.717, 1.165) is 15.8 Å². The molecule has 4 aromatic rings. The second kappa shape index (κ2) is 11.4. The Bertz CT molecular complexity index is 1440. The van der Waals surface area contributed by atoms with Crippen LogP contribution in [0.25, 0.3) is 6.08 Å². The number of methoxy groups -OCH3 is 1. The van der Waals surface area contributed by atoms with Crippen LogP contribution < -0.4 is 14.8 Å². The zero-order valence-corrected chi connectivity index (χ0v) is 19.6. The average molecular weight is 511 g/mol. The van der Waals surface area contributed by atoms with Crippen LogP contribution >= 0.6 is 0 Å². The summed E-state index contributed by atoms with van der Waals surface area (Å²) in [5, 5.41) is 6.47. The molecule has 0 atom stereocenters. The lowest BCUT2D eigenvalue weighted by molar-refractivity contribution is -0.111. The maximum atomic E-state index is 13.9. The third kappa shape index (κ3) is 6.35. The van der Waals surface area contributed by atoms with Crippen molar-refractivity contribution in [3.63, 3.8) is 0 Å². The fraction of sp³-hybridized carbons (Fsp3) is 0.111. The second-order valence-corrected chi connectivity index (χ2v) is 7.87. The lowest BCUT2D eigenvalue weighted by atomic mass is 10.1. The molecule has 0 radical (unpaired) electrons. The van der Waals surface area contributed by atoms with Gasteiger partial charge in [0.25, 0.3) is 0 Å². The summed E-state index contributed by atoms with van der Waals surface area (Å²) in [7, 11) is 1.56. The third-order valence-corrected chi connectivity index (χ3v) is 5.30. The number of hydrogen-bond donors (Lipinski definition) is 1. The molecule has 1 heterocycles. The summed E-state index contributed by atoms with van der Waals surface area (Å²) in [5.41, 5.74) is 1.06. The zero-order valence-electron chi connectivity index (χ0n) is 19.6. The largest absolute Gasteiger partial charge is 0.496 e. The molecule has 3 aromatic carbocycles. The minimum atomic E-state index is -1.77. The molecule has 0 aliphatic rings. The Morgan fingerprint density at radius 1 is 1.03 bits per heavy atom. The Morgan fingerprint density at radius 2 is 1.81 bits per heavy atom. The van der Waals surface area contributed by atoms with Crippen LogP contribution in [0.3, 0.4) is 0 Å². The highest BCUT2D eigenvalue weighted by Crippen LogP contribution is 2.23. The number of rotatable bonds is 9. The molecule has 37 heavy (non-hydrogen) atoms. The molecule has 0 aliphatic heterocycles. The molecule has 1 N–H and O–H groups in total. The quantitative estimate of drug-likeness (QED) is 0.135. The van der Waals surface area contributed by atoms with Gasteiger partial charge in [0.1, 0.15) is 23.9 Å². The zero-order chi connectivity index (χ0) is 26.4. The van der Waals surface area contributed by atoms with Crippen LogP contribution in [0.15, 0.2) is 73.1 Å². The smallest absolute Gasteiger partial charge is 0.248 e. The van der Waals surface area contributed by atoms with E-state index in [4.69, 9.17) is 9.47 Å². The van der Waals surface area contributed by atoms with E-state index in [1.807, 2.05) is 36.4 Å². The first-order chi connectivity index (χ1) is 17.8. The van der Waals surface area contributed by atoms with Gasteiger partial charge in [-0.2, -0.15) is 5.10 Å². The predicted molar refractivity (Wildman–Crippen MR) is 129 cm³/mol. The van der Waals surface area contributed by atoms with Crippen molar-refractivity contribution in [1.29, 1.82) is 0 Å². The van der Waals surface area contributed by atoms with Gasteiger partial charge in [-0.15, -0.1) is 0 Å². The number of aromatic nitrogens is 2. The number of nitrogens with one attached hydrogen (secondary N) is 1. The molecule has 0 saturated heterocycles. The van der Waals surface area contributed by atoms with Crippen LogP contribution in [0, 0.1) is 23.3 Å². The second-order valence-electron chi connectivity index (χ2n) is 7.87. The van der Waals surface area contributed by atoms with E-state index in [2.05, 4.69) is 10.4 Å². The number of carbonyl (C=O) groups is 1. The predicted octanol–water partition coefficient (Wildman–Crippen LogP) is 5.73. The minimum absolute atomic E-state index is 0.240. The van der Waals surface area contributed by atoms with Gasteiger partial charge in [-0.05, 0) is 35.9 Å². The van der Waals surface area contributed by atoms with Crippen LogP contribution in [-0.4, -0.2) is 22.8 Å². The number of ether oxygens (including phenoxy) is 2. The van der Waals surface area contributed by atoms with Gasteiger partial charge in [0.2, 0.25) is 5.91 Å². The molecule has 6 nitrogen and oxygen atoms in total. The Kier molecular flexibility index (Phi) is 7.87. The van der Waals surface area contributed by atoms with Crippen molar-refractivity contribution in [3.8, 4) is 11.5 Å². The van der Waals surface area contributed by atoms with Gasteiger partial charge >= 0.3 is 0 Å². The maximum Gasteiger partial charge on any atom is 0.248 e. The van der Waals surface area contributed by atoms with Gasteiger partial charge in [0, 0.05) is 29.5 Å². The van der Waals surface area contributed by atoms with Crippen LogP contribution in [0.2, 0.25) is 0 Å². The lowest BCUT2D eigenvalue weighted by Gasteiger charge is -2.11. The summed E-state index contributed by atoms with van der Waals surface area (Å²) in [5.74, 6) is -5.40. The standard InChI is InChI=1S/C27H21F4N3O3/c1-36-24-9-7-17(11-18(24)16-37-20-5-3-2-4-6-20)8-10-25(35)33-19-13-32-34(14-19)15-21-22(28)12-23(29)27(31)26(21)30/h2-14H,15-16H2,1H3,(H,33,35)/b10-8+. The minimum Gasteiger partial charge on any atom is -0.496 e. The molecule has 0 unspecified atom stereocenters. The molecule has 0 spiro atoms. The highest BCUT2D eigenvalue weighted by molar-refractivity contribution is 6.01. The van der Waals surface area contributed by atoms with Gasteiger partial charge < -0.3 is 14.8 Å². The van der Waals surface area contributed by atoms with Gasteiger partial charge in [0.05, 0.1) is 25.5 Å². The van der Waals surface area contributed by atoms with Gasteiger partial charge in [0.15, 0.2) is 17.5 Å². The van der Waals surface area contributed by atoms with Crippen LogP contribution in [0.4, 0.5) is 23.2 Å². The number of hydrogen-bond acceptors (Lipinski definition) is 4. The Balaban J connectivity index is 1.39. The molecule has 0 aliphatic carbocycles. The van der Waals surface area contributed by atoms with Gasteiger partial charge in [-0.25, -0.2) is 17.6 Å². The first kappa shape index (κ1) is 25.5. The number of carbonyl (C=O) groups excluding carboxylic acids is 1. The third-order valence-electron chi connectivity index (χ3n) is 5.30. The summed E-state index contributed by atoms with van der Waals surface area (Å²) in [6, 6.07) is 14.9. The van der Waals surface area contributed by atoms with Gasteiger partial charge in [-0.3, -0.25) is 9.48 Å². The molecule has 1 aromatic heterocycles. The molecule has 1 amide bonds. The topological polar surface area (TPSA) is 65.4 Å². The van der Waals surface area contributed by atoms with E-state index >= 15 is 0 Å². The monoisotopic (exact) mass is 511 g/mol.